The van der Waals surface area contributed by atoms with Crippen LogP contribution in [-0.2, 0) is 10.0 Å². The van der Waals surface area contributed by atoms with Crippen molar-refractivity contribution >= 4 is 10.0 Å². The second kappa shape index (κ2) is 3.37. The first-order valence-corrected chi connectivity index (χ1v) is 6.25. The van der Waals surface area contributed by atoms with Gasteiger partial charge in [0.25, 0.3) is 0 Å². The van der Waals surface area contributed by atoms with E-state index in [2.05, 4.69) is 0 Å². The van der Waals surface area contributed by atoms with Crippen molar-refractivity contribution in [2.24, 2.45) is 5.14 Å². The minimum atomic E-state index is -3.54. The quantitative estimate of drug-likeness (QED) is 0.807. The summed E-state index contributed by atoms with van der Waals surface area (Å²) in [6.45, 7) is 0. The summed E-state index contributed by atoms with van der Waals surface area (Å²) in [5, 5.41) is 5.06. The molecule has 0 unspecified atom stereocenters. The zero-order valence-corrected chi connectivity index (χ0v) is 8.63. The van der Waals surface area contributed by atoms with Crippen molar-refractivity contribution in [1.82, 2.24) is 0 Å². The van der Waals surface area contributed by atoms with Crippen molar-refractivity contribution in [3.8, 4) is 0 Å². The molecule has 0 radical (unpaired) electrons. The Morgan fingerprint density at radius 2 is 2.00 bits per heavy atom. The number of hydrogen-bond donors (Lipinski definition) is 1. The third-order valence-electron chi connectivity index (χ3n) is 2.76. The van der Waals surface area contributed by atoms with Gasteiger partial charge in [0.2, 0.25) is 10.0 Å². The van der Waals surface area contributed by atoms with Crippen LogP contribution >= 0.6 is 0 Å². The van der Waals surface area contributed by atoms with Crippen molar-refractivity contribution in [2.45, 2.75) is 30.1 Å². The molecule has 0 atom stereocenters. The van der Waals surface area contributed by atoms with Gasteiger partial charge in [0.1, 0.15) is 0 Å². The van der Waals surface area contributed by atoms with Crippen LogP contribution in [0.4, 0.5) is 0 Å². The highest BCUT2D eigenvalue weighted by molar-refractivity contribution is 7.89. The molecule has 1 aromatic rings. The topological polar surface area (TPSA) is 60.2 Å². The Balaban J connectivity index is 2.36. The molecule has 0 amide bonds. The fourth-order valence-electron chi connectivity index (χ4n) is 1.69. The van der Waals surface area contributed by atoms with E-state index in [9.17, 15) is 8.42 Å². The third kappa shape index (κ3) is 1.81. The smallest absolute Gasteiger partial charge is 0.225 e. The summed E-state index contributed by atoms with van der Waals surface area (Å²) in [7, 11) is -3.54. The van der Waals surface area contributed by atoms with Gasteiger partial charge in [0.15, 0.2) is 0 Å². The first kappa shape index (κ1) is 9.68. The minimum absolute atomic E-state index is 0.224. The predicted octanol–water partition coefficient (Wildman–Crippen LogP) is 1.60. The van der Waals surface area contributed by atoms with Crippen LogP contribution in [0.3, 0.4) is 0 Å². The van der Waals surface area contributed by atoms with E-state index in [1.165, 1.54) is 12.5 Å². The average molecular weight is 211 g/mol. The largest absolute Gasteiger partial charge is 0.238 e. The maximum absolute atomic E-state index is 11.1. The molecular weight excluding hydrogens is 198 g/mol. The number of hydrogen-bond acceptors (Lipinski definition) is 2. The standard InChI is InChI=1S/C10H13NO2S/c11-14(12,13)10-6-2-5-9(7-10)8-3-1-4-8/h2,5-8H,1,3-4H2,(H2,11,12,13). The molecule has 0 heterocycles. The van der Waals surface area contributed by atoms with Gasteiger partial charge < -0.3 is 0 Å². The molecule has 14 heavy (non-hydrogen) atoms. The third-order valence-corrected chi connectivity index (χ3v) is 3.67. The highest BCUT2D eigenvalue weighted by Gasteiger charge is 2.20. The molecule has 0 saturated heterocycles. The first-order valence-electron chi connectivity index (χ1n) is 4.70. The van der Waals surface area contributed by atoms with Crippen LogP contribution in [0.1, 0.15) is 30.7 Å². The summed E-state index contributed by atoms with van der Waals surface area (Å²) in [4.78, 5) is 0.224. The van der Waals surface area contributed by atoms with Gasteiger partial charge in [0.05, 0.1) is 4.90 Å². The van der Waals surface area contributed by atoms with E-state index in [-0.39, 0.29) is 4.90 Å². The molecule has 1 aliphatic carbocycles. The zero-order chi connectivity index (χ0) is 10.2. The van der Waals surface area contributed by atoms with Crippen LogP contribution in [0.2, 0.25) is 0 Å². The highest BCUT2D eigenvalue weighted by atomic mass is 32.2. The Morgan fingerprint density at radius 3 is 2.50 bits per heavy atom. The van der Waals surface area contributed by atoms with Crippen LogP contribution in [0.25, 0.3) is 0 Å². The molecule has 1 fully saturated rings. The second-order valence-electron chi connectivity index (χ2n) is 3.75. The van der Waals surface area contributed by atoms with E-state index in [1.807, 2.05) is 6.07 Å². The summed E-state index contributed by atoms with van der Waals surface area (Å²) in [5.74, 6) is 0.539. The fraction of sp³-hybridized carbons (Fsp3) is 0.400. The Labute approximate surface area is 84.0 Å². The molecule has 76 valence electrons. The molecule has 3 nitrogen and oxygen atoms in total. The molecule has 0 aliphatic heterocycles. The van der Waals surface area contributed by atoms with Gasteiger partial charge in [-0.3, -0.25) is 0 Å². The van der Waals surface area contributed by atoms with E-state index in [4.69, 9.17) is 5.14 Å². The molecule has 1 aromatic carbocycles. The lowest BCUT2D eigenvalue weighted by molar-refractivity contribution is 0.419. The van der Waals surface area contributed by atoms with Gasteiger partial charge in [-0.05, 0) is 36.5 Å². The maximum atomic E-state index is 11.1. The van der Waals surface area contributed by atoms with Gasteiger partial charge in [0, 0.05) is 0 Å². The maximum Gasteiger partial charge on any atom is 0.238 e. The molecule has 2 N–H and O–H groups in total. The molecule has 0 aromatic heterocycles. The summed E-state index contributed by atoms with van der Waals surface area (Å²) in [6, 6.07) is 6.96. The Morgan fingerprint density at radius 1 is 1.29 bits per heavy atom. The number of primary sulfonamides is 1. The summed E-state index contributed by atoms with van der Waals surface area (Å²) >= 11 is 0. The number of nitrogens with two attached hydrogens (primary N) is 1. The van der Waals surface area contributed by atoms with Crippen molar-refractivity contribution < 1.29 is 8.42 Å². The van der Waals surface area contributed by atoms with Gasteiger partial charge in [-0.1, -0.05) is 18.6 Å². The van der Waals surface area contributed by atoms with E-state index >= 15 is 0 Å². The van der Waals surface area contributed by atoms with E-state index in [0.29, 0.717) is 5.92 Å². The molecular formula is C10H13NO2S. The zero-order valence-electron chi connectivity index (χ0n) is 7.81. The molecule has 1 saturated carbocycles. The number of rotatable bonds is 2. The van der Waals surface area contributed by atoms with Crippen LogP contribution in [0, 0.1) is 0 Å². The van der Waals surface area contributed by atoms with Gasteiger partial charge in [-0.15, -0.1) is 0 Å². The lowest BCUT2D eigenvalue weighted by Gasteiger charge is -2.25. The number of benzene rings is 1. The van der Waals surface area contributed by atoms with Crippen molar-refractivity contribution in [2.75, 3.05) is 0 Å². The van der Waals surface area contributed by atoms with Crippen LogP contribution < -0.4 is 5.14 Å². The van der Waals surface area contributed by atoms with Gasteiger partial charge in [-0.25, -0.2) is 13.6 Å². The van der Waals surface area contributed by atoms with Gasteiger partial charge >= 0.3 is 0 Å². The molecule has 2 rings (SSSR count). The van der Waals surface area contributed by atoms with Crippen LogP contribution in [0.15, 0.2) is 29.2 Å². The lowest BCUT2D eigenvalue weighted by Crippen LogP contribution is -2.14. The van der Waals surface area contributed by atoms with Gasteiger partial charge in [-0.2, -0.15) is 0 Å². The highest BCUT2D eigenvalue weighted by Crippen LogP contribution is 2.36. The SMILES string of the molecule is NS(=O)(=O)c1cccc(C2CCC2)c1. The molecule has 1 aliphatic rings. The van der Waals surface area contributed by atoms with Crippen molar-refractivity contribution in [3.63, 3.8) is 0 Å². The van der Waals surface area contributed by atoms with E-state index < -0.39 is 10.0 Å². The van der Waals surface area contributed by atoms with Crippen molar-refractivity contribution in [3.05, 3.63) is 29.8 Å². The Kier molecular flexibility index (Phi) is 2.33. The Bertz CT molecular complexity index is 435. The van der Waals surface area contributed by atoms with Crippen LogP contribution in [0.5, 0.6) is 0 Å². The normalized spacial score (nSPS) is 17.8. The predicted molar refractivity (Wildman–Crippen MR) is 54.4 cm³/mol. The van der Waals surface area contributed by atoms with Crippen LogP contribution in [-0.4, -0.2) is 8.42 Å². The average Bonchev–Trinajstić information content (AvgIpc) is 2.00. The van der Waals surface area contributed by atoms with Crippen molar-refractivity contribution in [1.29, 1.82) is 0 Å². The summed E-state index contributed by atoms with van der Waals surface area (Å²) in [6.07, 6.45) is 3.56. The number of sulfonamides is 1. The monoisotopic (exact) mass is 211 g/mol. The minimum Gasteiger partial charge on any atom is -0.225 e. The fourth-order valence-corrected chi connectivity index (χ4v) is 2.26. The summed E-state index contributed by atoms with van der Waals surface area (Å²) < 4.78 is 22.2. The van der Waals surface area contributed by atoms with E-state index in [1.54, 1.807) is 12.1 Å². The summed E-state index contributed by atoms with van der Waals surface area (Å²) in [5.41, 5.74) is 1.10. The Hall–Kier alpha value is -0.870. The second-order valence-corrected chi connectivity index (χ2v) is 5.31. The molecule has 4 heteroatoms. The van der Waals surface area contributed by atoms with E-state index in [0.717, 1.165) is 18.4 Å². The molecule has 0 spiro atoms. The molecule has 0 bridgehead atoms. The lowest BCUT2D eigenvalue weighted by atomic mass is 9.80. The first-order chi connectivity index (χ1) is 6.57.